The fourth-order valence-electron chi connectivity index (χ4n) is 11.2. The van der Waals surface area contributed by atoms with E-state index in [-0.39, 0.29) is 5.92 Å². The number of benzene rings is 4. The van der Waals surface area contributed by atoms with Crippen molar-refractivity contribution < 1.29 is 0 Å². The molecule has 14 rings (SSSR count). The summed E-state index contributed by atoms with van der Waals surface area (Å²) in [5.74, 6) is 1.35. The second-order valence-electron chi connectivity index (χ2n) is 19.6. The Hall–Kier alpha value is -10.9. The summed E-state index contributed by atoms with van der Waals surface area (Å²) >= 11 is 0. The van der Waals surface area contributed by atoms with Gasteiger partial charge in [0.15, 0.2) is 0 Å². The summed E-state index contributed by atoms with van der Waals surface area (Å²) in [6, 6.07) is 66.2. The molecule has 0 bridgehead atoms. The lowest BCUT2D eigenvalue weighted by Gasteiger charge is -2.19. The number of hydrogen-bond donors (Lipinski definition) is 2. The largest absolute Gasteiger partial charge is 0.398 e. The SMILES string of the molecule is C=C/C=C\C(c1cccc(-c2cc(-c3cccc(-c4cccc(-n5c6c(c7ccccc75)CNC=C6)n4)n3)cc(-c3cccc(-c4cccc(-n5c6ccccc6c6cnccc65)n4)n3)c2)n1)c1ccccc1-c1cnccc1N. The van der Waals surface area contributed by atoms with Crippen molar-refractivity contribution in [3.63, 3.8) is 0 Å². The molecule has 0 radical (unpaired) electrons. The zero-order valence-corrected chi connectivity index (χ0v) is 43.3. The van der Waals surface area contributed by atoms with E-state index in [4.69, 9.17) is 30.7 Å². The number of allylic oxidation sites excluding steroid dienone is 3. The molecule has 0 aliphatic carbocycles. The molecule has 11 nitrogen and oxygen atoms in total. The van der Waals surface area contributed by atoms with Crippen molar-refractivity contribution in [1.29, 1.82) is 0 Å². The Labute approximate surface area is 461 Å². The van der Waals surface area contributed by atoms with E-state index < -0.39 is 0 Å². The summed E-state index contributed by atoms with van der Waals surface area (Å²) in [5, 5.41) is 6.78. The average Bonchev–Trinajstić information content (AvgIpc) is 4.13. The monoisotopic (exact) mass is 1030 g/mol. The van der Waals surface area contributed by atoms with Gasteiger partial charge in [-0.3, -0.25) is 24.1 Å². The Kier molecular flexibility index (Phi) is 12.0. The van der Waals surface area contributed by atoms with Crippen LogP contribution in [-0.2, 0) is 6.54 Å². The van der Waals surface area contributed by atoms with Crippen molar-refractivity contribution >= 4 is 44.5 Å². The van der Waals surface area contributed by atoms with Crippen LogP contribution < -0.4 is 11.1 Å². The molecule has 0 saturated carbocycles. The molecule has 380 valence electrons. The van der Waals surface area contributed by atoms with Gasteiger partial charge in [0.2, 0.25) is 0 Å². The van der Waals surface area contributed by atoms with Crippen LogP contribution in [0.5, 0.6) is 0 Å². The molecule has 1 aliphatic heterocycles. The second kappa shape index (κ2) is 20.2. The molecule has 0 amide bonds. The summed E-state index contributed by atoms with van der Waals surface area (Å²) in [6.45, 7) is 4.77. The van der Waals surface area contributed by atoms with Crippen LogP contribution >= 0.6 is 0 Å². The lowest BCUT2D eigenvalue weighted by molar-refractivity contribution is 0.852. The quantitative estimate of drug-likeness (QED) is 0.115. The normalized spacial score (nSPS) is 12.5. The number of nitrogens with two attached hydrogens (primary N) is 1. The lowest BCUT2D eigenvalue weighted by atomic mass is 9.87. The molecule has 3 N–H and O–H groups in total. The first-order valence-corrected chi connectivity index (χ1v) is 26.5. The first-order valence-electron chi connectivity index (χ1n) is 26.5. The third-order valence-corrected chi connectivity index (χ3v) is 14.9. The fraction of sp³-hybridized carbons (Fsp3) is 0.0290. The molecular formula is C69H49N11. The Balaban J connectivity index is 0.895. The standard InChI is InChI=1S/C69H49N11/c1-2-3-15-49(47-16-4-5-17-48(47)52-41-71-35-32-55(52)70)59-23-10-20-56(74-59)44-38-45(57-21-11-24-60(75-57)62-26-13-30-68(77-62)79-64-28-8-6-18-50(64)53-42-72-36-33-66(53)79)40-46(39-44)58-22-12-25-61(76-58)63-27-14-31-69(78-63)80-65-29-9-7-19-51(65)54-43-73-37-34-67(54)80/h2-42,49,73H,1,43H2,(H2,70,71)/b15-3-. The second-order valence-corrected chi connectivity index (χ2v) is 19.6. The van der Waals surface area contributed by atoms with E-state index in [9.17, 15) is 0 Å². The molecule has 1 aliphatic rings. The van der Waals surface area contributed by atoms with Gasteiger partial charge in [0.25, 0.3) is 0 Å². The van der Waals surface area contributed by atoms with Gasteiger partial charge in [-0.15, -0.1) is 0 Å². The van der Waals surface area contributed by atoms with Crippen molar-refractivity contribution in [2.45, 2.75) is 12.5 Å². The minimum atomic E-state index is -0.253. The number of aromatic nitrogens is 9. The van der Waals surface area contributed by atoms with Crippen LogP contribution in [-0.4, -0.2) is 44.0 Å². The summed E-state index contributed by atoms with van der Waals surface area (Å²) < 4.78 is 4.44. The van der Waals surface area contributed by atoms with E-state index in [1.165, 1.54) is 10.9 Å². The van der Waals surface area contributed by atoms with Gasteiger partial charge < -0.3 is 11.1 Å². The Morgan fingerprint density at radius 2 is 1.04 bits per heavy atom. The number of nitrogen functional groups attached to an aromatic ring is 1. The number of hydrogen-bond acceptors (Lipinski definition) is 9. The van der Waals surface area contributed by atoms with Crippen LogP contribution in [0, 0.1) is 0 Å². The third-order valence-electron chi connectivity index (χ3n) is 14.9. The molecule has 4 aromatic carbocycles. The molecule has 1 atom stereocenters. The molecule has 9 aromatic heterocycles. The number of pyridine rings is 7. The van der Waals surface area contributed by atoms with E-state index in [0.717, 1.165) is 130 Å². The van der Waals surface area contributed by atoms with Crippen molar-refractivity contribution in [1.82, 2.24) is 49.3 Å². The van der Waals surface area contributed by atoms with Gasteiger partial charge in [-0.1, -0.05) is 116 Å². The average molecular weight is 1030 g/mol. The predicted molar refractivity (Wildman–Crippen MR) is 323 cm³/mol. The van der Waals surface area contributed by atoms with Crippen LogP contribution in [0.3, 0.4) is 0 Å². The summed E-state index contributed by atoms with van der Waals surface area (Å²) in [5.41, 5.74) is 24.5. The summed E-state index contributed by atoms with van der Waals surface area (Å²) in [6.07, 6.45) is 17.3. The molecule has 0 fully saturated rings. The van der Waals surface area contributed by atoms with Crippen LogP contribution in [0.15, 0.2) is 250 Å². The minimum absolute atomic E-state index is 0.253. The number of fused-ring (bicyclic) bond motifs is 6. The van der Waals surface area contributed by atoms with Crippen molar-refractivity contribution in [3.05, 3.63) is 272 Å². The van der Waals surface area contributed by atoms with Crippen LogP contribution in [0.1, 0.15) is 28.4 Å². The highest BCUT2D eigenvalue weighted by atomic mass is 15.1. The van der Waals surface area contributed by atoms with E-state index >= 15 is 0 Å². The maximum absolute atomic E-state index is 6.58. The lowest BCUT2D eigenvalue weighted by Crippen LogP contribution is -2.11. The molecule has 11 heteroatoms. The molecular weight excluding hydrogens is 983 g/mol. The van der Waals surface area contributed by atoms with E-state index in [2.05, 4.69) is 158 Å². The number of para-hydroxylation sites is 2. The number of nitrogens with zero attached hydrogens (tertiary/aromatic N) is 9. The number of rotatable bonds is 12. The smallest absolute Gasteiger partial charge is 0.138 e. The van der Waals surface area contributed by atoms with Crippen molar-refractivity contribution in [2.24, 2.45) is 0 Å². The highest BCUT2D eigenvalue weighted by molar-refractivity contribution is 6.08. The Morgan fingerprint density at radius 3 is 1.74 bits per heavy atom. The van der Waals surface area contributed by atoms with E-state index in [1.807, 2.05) is 110 Å². The highest BCUT2D eigenvalue weighted by Gasteiger charge is 2.22. The summed E-state index contributed by atoms with van der Waals surface area (Å²) in [7, 11) is 0. The Morgan fingerprint density at radius 1 is 0.487 bits per heavy atom. The third kappa shape index (κ3) is 8.55. The van der Waals surface area contributed by atoms with Gasteiger partial charge in [0.05, 0.1) is 67.8 Å². The first kappa shape index (κ1) is 47.5. The molecule has 10 heterocycles. The molecule has 13 aromatic rings. The zero-order chi connectivity index (χ0) is 53.5. The van der Waals surface area contributed by atoms with Gasteiger partial charge in [-0.2, -0.15) is 0 Å². The first-order chi connectivity index (χ1) is 39.5. The van der Waals surface area contributed by atoms with Gasteiger partial charge in [0.1, 0.15) is 11.6 Å². The molecule has 0 saturated heterocycles. The highest BCUT2D eigenvalue weighted by Crippen LogP contribution is 2.39. The summed E-state index contributed by atoms with van der Waals surface area (Å²) in [4.78, 5) is 35.7. The van der Waals surface area contributed by atoms with Crippen LogP contribution in [0.4, 0.5) is 5.69 Å². The van der Waals surface area contributed by atoms with Crippen molar-refractivity contribution in [3.8, 4) is 79.3 Å². The van der Waals surface area contributed by atoms with E-state index in [1.54, 1.807) is 12.3 Å². The van der Waals surface area contributed by atoms with Gasteiger partial charge >= 0.3 is 0 Å². The topological polar surface area (TPSA) is 138 Å². The van der Waals surface area contributed by atoms with Gasteiger partial charge in [-0.25, -0.2) is 19.9 Å². The zero-order valence-electron chi connectivity index (χ0n) is 43.3. The predicted octanol–water partition coefficient (Wildman–Crippen LogP) is 15.0. The van der Waals surface area contributed by atoms with Crippen LogP contribution in [0.25, 0.3) is 118 Å². The Bertz CT molecular complexity index is 4570. The fourth-order valence-corrected chi connectivity index (χ4v) is 11.2. The molecule has 1 unspecified atom stereocenters. The van der Waals surface area contributed by atoms with Crippen molar-refractivity contribution in [2.75, 3.05) is 5.73 Å². The number of nitrogens with one attached hydrogen (secondary N) is 1. The van der Waals surface area contributed by atoms with Crippen LogP contribution in [0.2, 0.25) is 0 Å². The van der Waals surface area contributed by atoms with E-state index in [0.29, 0.717) is 5.69 Å². The number of anilines is 1. The molecule has 80 heavy (non-hydrogen) atoms. The minimum Gasteiger partial charge on any atom is -0.398 e. The molecule has 0 spiro atoms. The maximum Gasteiger partial charge on any atom is 0.138 e. The van der Waals surface area contributed by atoms with Gasteiger partial charge in [-0.05, 0) is 127 Å². The van der Waals surface area contributed by atoms with Gasteiger partial charge in [0, 0.05) is 86.9 Å². The maximum atomic E-state index is 6.58.